The molecule has 20 heavy (non-hydrogen) atoms. The number of aryl methyl sites for hydroxylation is 1. The second-order valence-corrected chi connectivity index (χ2v) is 5.55. The Morgan fingerprint density at radius 3 is 3.05 bits per heavy atom. The monoisotopic (exact) mass is 270 g/mol. The molecule has 4 nitrogen and oxygen atoms in total. The first-order valence-electron chi connectivity index (χ1n) is 7.20. The molecule has 1 aromatic heterocycles. The Balaban J connectivity index is 1.84. The summed E-state index contributed by atoms with van der Waals surface area (Å²) in [5.41, 5.74) is 2.87. The molecule has 0 bridgehead atoms. The predicted molar refractivity (Wildman–Crippen MR) is 80.2 cm³/mol. The van der Waals surface area contributed by atoms with Crippen LogP contribution in [0.3, 0.4) is 0 Å². The fourth-order valence-corrected chi connectivity index (χ4v) is 2.98. The lowest BCUT2D eigenvalue weighted by Crippen LogP contribution is -2.27. The predicted octanol–water partition coefficient (Wildman–Crippen LogP) is 2.09. The zero-order chi connectivity index (χ0) is 13.9. The molecule has 1 aliphatic heterocycles. The number of aromatic nitrogens is 2. The summed E-state index contributed by atoms with van der Waals surface area (Å²) in [5.74, 6) is 1.11. The van der Waals surface area contributed by atoms with Crippen LogP contribution in [0.4, 0.5) is 0 Å². The molecular formula is C16H22N4. The average Bonchev–Trinajstić information content (AvgIpc) is 2.75. The molecule has 0 fully saturated rings. The molecule has 1 N–H and O–H groups in total. The summed E-state index contributed by atoms with van der Waals surface area (Å²) in [6, 6.07) is 9.22. The Hall–Kier alpha value is -1.65. The van der Waals surface area contributed by atoms with Crippen LogP contribution in [0.15, 0.2) is 36.7 Å². The summed E-state index contributed by atoms with van der Waals surface area (Å²) in [6.45, 7) is 2.91. The molecule has 1 atom stereocenters. The fourth-order valence-electron chi connectivity index (χ4n) is 2.98. The largest absolute Gasteiger partial charge is 0.337 e. The minimum Gasteiger partial charge on any atom is -0.337 e. The van der Waals surface area contributed by atoms with Gasteiger partial charge in [-0.15, -0.1) is 0 Å². The van der Waals surface area contributed by atoms with Gasteiger partial charge in [-0.05, 0) is 31.1 Å². The zero-order valence-electron chi connectivity index (χ0n) is 12.2. The SMILES string of the molecule is CN(Cc1nccn1C)C1CCNCc2ccccc21. The quantitative estimate of drug-likeness (QED) is 0.927. The molecule has 0 saturated carbocycles. The minimum atomic E-state index is 0.456. The van der Waals surface area contributed by atoms with Crippen molar-refractivity contribution >= 4 is 0 Å². The van der Waals surface area contributed by atoms with Crippen molar-refractivity contribution in [1.29, 1.82) is 0 Å². The van der Waals surface area contributed by atoms with E-state index in [1.807, 2.05) is 12.4 Å². The van der Waals surface area contributed by atoms with E-state index in [0.29, 0.717) is 6.04 Å². The second kappa shape index (κ2) is 5.77. The molecule has 0 spiro atoms. The van der Waals surface area contributed by atoms with Crippen LogP contribution in [0.2, 0.25) is 0 Å². The number of rotatable bonds is 3. The van der Waals surface area contributed by atoms with Crippen molar-refractivity contribution in [2.75, 3.05) is 13.6 Å². The van der Waals surface area contributed by atoms with Crippen molar-refractivity contribution < 1.29 is 0 Å². The van der Waals surface area contributed by atoms with Gasteiger partial charge in [0, 0.05) is 32.0 Å². The fraction of sp³-hybridized carbons (Fsp3) is 0.438. The maximum Gasteiger partial charge on any atom is 0.122 e. The van der Waals surface area contributed by atoms with E-state index in [9.17, 15) is 0 Å². The molecule has 1 aliphatic rings. The van der Waals surface area contributed by atoms with E-state index in [1.165, 1.54) is 11.1 Å². The van der Waals surface area contributed by atoms with E-state index in [1.54, 1.807) is 0 Å². The van der Waals surface area contributed by atoms with Crippen LogP contribution >= 0.6 is 0 Å². The molecule has 2 heterocycles. The first kappa shape index (κ1) is 13.3. The van der Waals surface area contributed by atoms with Gasteiger partial charge in [0.1, 0.15) is 5.82 Å². The Morgan fingerprint density at radius 2 is 2.25 bits per heavy atom. The Kier molecular flexibility index (Phi) is 3.85. The van der Waals surface area contributed by atoms with Gasteiger partial charge in [-0.3, -0.25) is 4.90 Å². The first-order valence-corrected chi connectivity index (χ1v) is 7.20. The summed E-state index contributed by atoms with van der Waals surface area (Å²) in [7, 11) is 4.25. The highest BCUT2D eigenvalue weighted by Gasteiger charge is 2.22. The van der Waals surface area contributed by atoms with Crippen molar-refractivity contribution in [3.05, 3.63) is 53.6 Å². The third-order valence-electron chi connectivity index (χ3n) is 4.17. The van der Waals surface area contributed by atoms with Crippen molar-refractivity contribution in [2.24, 2.45) is 7.05 Å². The third kappa shape index (κ3) is 2.62. The molecule has 0 amide bonds. The van der Waals surface area contributed by atoms with Gasteiger partial charge in [-0.1, -0.05) is 24.3 Å². The van der Waals surface area contributed by atoms with Gasteiger partial charge in [0.15, 0.2) is 0 Å². The standard InChI is InChI=1S/C16H22N4/c1-19-10-9-18-16(19)12-20(2)15-7-8-17-11-13-5-3-4-6-14(13)15/h3-6,9-10,15,17H,7-8,11-12H2,1-2H3. The van der Waals surface area contributed by atoms with Crippen LogP contribution in [0.1, 0.15) is 29.4 Å². The smallest absolute Gasteiger partial charge is 0.122 e. The van der Waals surface area contributed by atoms with Crippen molar-refractivity contribution in [3.63, 3.8) is 0 Å². The number of hydrogen-bond donors (Lipinski definition) is 1. The highest BCUT2D eigenvalue weighted by atomic mass is 15.2. The number of fused-ring (bicyclic) bond motifs is 1. The average molecular weight is 270 g/mol. The molecule has 2 aromatic rings. The summed E-state index contributed by atoms with van der Waals surface area (Å²) in [5, 5.41) is 3.51. The van der Waals surface area contributed by atoms with E-state index in [2.05, 4.69) is 58.1 Å². The van der Waals surface area contributed by atoms with E-state index in [0.717, 1.165) is 31.9 Å². The lowest BCUT2D eigenvalue weighted by atomic mass is 9.98. The summed E-state index contributed by atoms with van der Waals surface area (Å²) < 4.78 is 2.09. The summed E-state index contributed by atoms with van der Waals surface area (Å²) in [6.07, 6.45) is 5.01. The number of nitrogens with zero attached hydrogens (tertiary/aromatic N) is 3. The van der Waals surface area contributed by atoms with Crippen molar-refractivity contribution in [1.82, 2.24) is 19.8 Å². The Bertz CT molecular complexity index is 575. The van der Waals surface area contributed by atoms with E-state index in [4.69, 9.17) is 0 Å². The van der Waals surface area contributed by atoms with E-state index < -0.39 is 0 Å². The molecule has 1 aromatic carbocycles. The van der Waals surface area contributed by atoms with Crippen molar-refractivity contribution in [3.8, 4) is 0 Å². The highest BCUT2D eigenvalue weighted by molar-refractivity contribution is 5.31. The van der Waals surface area contributed by atoms with Crippen LogP contribution in [-0.2, 0) is 20.1 Å². The lowest BCUT2D eigenvalue weighted by molar-refractivity contribution is 0.219. The molecule has 0 aliphatic carbocycles. The lowest BCUT2D eigenvalue weighted by Gasteiger charge is -2.28. The minimum absolute atomic E-state index is 0.456. The molecule has 3 rings (SSSR count). The zero-order valence-corrected chi connectivity index (χ0v) is 12.2. The molecule has 4 heteroatoms. The van der Waals surface area contributed by atoms with Crippen LogP contribution < -0.4 is 5.32 Å². The molecule has 0 radical (unpaired) electrons. The summed E-state index contributed by atoms with van der Waals surface area (Å²) in [4.78, 5) is 6.85. The molecular weight excluding hydrogens is 248 g/mol. The van der Waals surface area contributed by atoms with Gasteiger partial charge in [0.2, 0.25) is 0 Å². The summed E-state index contributed by atoms with van der Waals surface area (Å²) >= 11 is 0. The second-order valence-electron chi connectivity index (χ2n) is 5.55. The van der Waals surface area contributed by atoms with Crippen molar-refractivity contribution in [2.45, 2.75) is 25.6 Å². The van der Waals surface area contributed by atoms with Crippen LogP contribution in [0.5, 0.6) is 0 Å². The van der Waals surface area contributed by atoms with Gasteiger partial charge in [-0.2, -0.15) is 0 Å². The number of hydrogen-bond acceptors (Lipinski definition) is 3. The van der Waals surface area contributed by atoms with Crippen LogP contribution in [0, 0.1) is 0 Å². The highest BCUT2D eigenvalue weighted by Crippen LogP contribution is 2.28. The Labute approximate surface area is 120 Å². The van der Waals surface area contributed by atoms with Gasteiger partial charge >= 0.3 is 0 Å². The van der Waals surface area contributed by atoms with Gasteiger partial charge < -0.3 is 9.88 Å². The van der Waals surface area contributed by atoms with Crippen LogP contribution in [-0.4, -0.2) is 28.0 Å². The van der Waals surface area contributed by atoms with Gasteiger partial charge in [-0.25, -0.2) is 4.98 Å². The number of imidazole rings is 1. The molecule has 106 valence electrons. The molecule has 0 saturated heterocycles. The van der Waals surface area contributed by atoms with Gasteiger partial charge in [0.05, 0.1) is 6.54 Å². The van der Waals surface area contributed by atoms with Crippen LogP contribution in [0.25, 0.3) is 0 Å². The van der Waals surface area contributed by atoms with E-state index in [-0.39, 0.29) is 0 Å². The first-order chi connectivity index (χ1) is 9.75. The van der Waals surface area contributed by atoms with Gasteiger partial charge in [0.25, 0.3) is 0 Å². The third-order valence-corrected chi connectivity index (χ3v) is 4.17. The maximum absolute atomic E-state index is 4.44. The number of nitrogens with one attached hydrogen (secondary N) is 1. The maximum atomic E-state index is 4.44. The number of benzene rings is 1. The molecule has 1 unspecified atom stereocenters. The topological polar surface area (TPSA) is 33.1 Å². The van der Waals surface area contributed by atoms with E-state index >= 15 is 0 Å². The normalized spacial score (nSPS) is 18.9. The Morgan fingerprint density at radius 1 is 1.40 bits per heavy atom.